The molecule has 7 heteroatoms. The SMILES string of the molecule is CCNC(c1cc(Br)c(Br)s1)C1CCCCS1(=O)=O. The predicted octanol–water partition coefficient (Wildman–Crippen LogP) is 3.89. The van der Waals surface area contributed by atoms with E-state index < -0.39 is 9.84 Å². The standard InChI is InChI=1S/C12H17Br2NO2S2/c1-2-15-11(9-7-8(13)12(14)18-9)10-5-3-4-6-19(10,16)17/h7,10-11,15H,2-6H2,1H3. The van der Waals surface area contributed by atoms with Gasteiger partial charge in [0.1, 0.15) is 0 Å². The molecule has 1 fully saturated rings. The third-order valence-electron chi connectivity index (χ3n) is 3.40. The molecule has 2 heterocycles. The summed E-state index contributed by atoms with van der Waals surface area (Å²) in [6, 6.07) is 1.93. The van der Waals surface area contributed by atoms with E-state index in [1.165, 1.54) is 0 Å². The molecule has 0 aromatic carbocycles. The minimum Gasteiger partial charge on any atom is -0.308 e. The summed E-state index contributed by atoms with van der Waals surface area (Å²) >= 11 is 8.56. The Hall–Kier alpha value is 0.570. The lowest BCUT2D eigenvalue weighted by molar-refractivity contribution is 0.458. The van der Waals surface area contributed by atoms with Gasteiger partial charge < -0.3 is 5.32 Å². The molecule has 3 nitrogen and oxygen atoms in total. The molecule has 1 aliphatic rings. The molecule has 0 spiro atoms. The van der Waals surface area contributed by atoms with Crippen molar-refractivity contribution in [2.75, 3.05) is 12.3 Å². The van der Waals surface area contributed by atoms with Crippen LogP contribution in [0.5, 0.6) is 0 Å². The minimum atomic E-state index is -2.98. The fourth-order valence-corrected chi connectivity index (χ4v) is 6.91. The van der Waals surface area contributed by atoms with E-state index in [9.17, 15) is 8.42 Å². The number of sulfone groups is 1. The normalized spacial score (nSPS) is 24.3. The Balaban J connectivity index is 2.34. The van der Waals surface area contributed by atoms with Crippen LogP contribution in [0.4, 0.5) is 0 Å². The number of rotatable bonds is 4. The first-order valence-electron chi connectivity index (χ1n) is 6.35. The third kappa shape index (κ3) is 3.61. The highest BCUT2D eigenvalue weighted by atomic mass is 79.9. The van der Waals surface area contributed by atoms with Crippen molar-refractivity contribution < 1.29 is 8.42 Å². The number of hydrogen-bond acceptors (Lipinski definition) is 4. The smallest absolute Gasteiger partial charge is 0.155 e. The summed E-state index contributed by atoms with van der Waals surface area (Å²) in [7, 11) is -2.98. The molecule has 0 aliphatic carbocycles. The van der Waals surface area contributed by atoms with E-state index in [0.29, 0.717) is 5.75 Å². The first-order valence-corrected chi connectivity index (χ1v) is 10.5. The van der Waals surface area contributed by atoms with Gasteiger partial charge >= 0.3 is 0 Å². The van der Waals surface area contributed by atoms with Gasteiger partial charge in [0.25, 0.3) is 0 Å². The number of halogens is 2. The van der Waals surface area contributed by atoms with E-state index in [1.54, 1.807) is 11.3 Å². The van der Waals surface area contributed by atoms with Crippen molar-refractivity contribution in [3.63, 3.8) is 0 Å². The van der Waals surface area contributed by atoms with Gasteiger partial charge in [0.05, 0.1) is 20.8 Å². The van der Waals surface area contributed by atoms with Crippen LogP contribution in [0.25, 0.3) is 0 Å². The Kier molecular flexibility index (Phi) is 5.50. The van der Waals surface area contributed by atoms with Crippen LogP contribution in [0.1, 0.15) is 37.1 Å². The zero-order valence-electron chi connectivity index (χ0n) is 10.7. The van der Waals surface area contributed by atoms with E-state index in [0.717, 1.165) is 38.9 Å². The molecule has 1 saturated heterocycles. The van der Waals surface area contributed by atoms with Gasteiger partial charge in [-0.05, 0) is 57.3 Å². The van der Waals surface area contributed by atoms with E-state index in [-0.39, 0.29) is 11.3 Å². The molecule has 1 aromatic heterocycles. The van der Waals surface area contributed by atoms with Gasteiger partial charge in [-0.3, -0.25) is 0 Å². The van der Waals surface area contributed by atoms with Crippen LogP contribution in [-0.2, 0) is 9.84 Å². The van der Waals surface area contributed by atoms with Crippen molar-refractivity contribution in [1.82, 2.24) is 5.32 Å². The molecule has 108 valence electrons. The summed E-state index contributed by atoms with van der Waals surface area (Å²) in [5.74, 6) is 0.327. The molecule has 2 atom stereocenters. The zero-order valence-corrected chi connectivity index (χ0v) is 15.5. The summed E-state index contributed by atoms with van der Waals surface area (Å²) in [5.41, 5.74) is 0. The zero-order chi connectivity index (χ0) is 14.0. The summed E-state index contributed by atoms with van der Waals surface area (Å²) in [4.78, 5) is 1.08. The van der Waals surface area contributed by atoms with Gasteiger partial charge in [-0.25, -0.2) is 8.42 Å². The summed E-state index contributed by atoms with van der Waals surface area (Å²) in [6.07, 6.45) is 2.56. The van der Waals surface area contributed by atoms with E-state index in [1.807, 2.05) is 13.0 Å². The number of nitrogens with one attached hydrogen (secondary N) is 1. The highest BCUT2D eigenvalue weighted by molar-refractivity contribution is 9.13. The molecule has 0 saturated carbocycles. The van der Waals surface area contributed by atoms with E-state index in [4.69, 9.17) is 0 Å². The molecule has 2 unspecified atom stereocenters. The van der Waals surface area contributed by atoms with E-state index >= 15 is 0 Å². The number of thiophene rings is 1. The summed E-state index contributed by atoms with van der Waals surface area (Å²) < 4.78 is 26.6. The molecule has 0 amide bonds. The van der Waals surface area contributed by atoms with Crippen molar-refractivity contribution in [2.24, 2.45) is 0 Å². The minimum absolute atomic E-state index is 0.0945. The average molecular weight is 431 g/mol. The van der Waals surface area contributed by atoms with Gasteiger partial charge in [0, 0.05) is 9.35 Å². The van der Waals surface area contributed by atoms with Crippen LogP contribution in [0.15, 0.2) is 14.3 Å². The lowest BCUT2D eigenvalue weighted by atomic mass is 10.1. The van der Waals surface area contributed by atoms with Crippen LogP contribution in [0, 0.1) is 0 Å². The molecular formula is C12H17Br2NO2S2. The van der Waals surface area contributed by atoms with Crippen molar-refractivity contribution in [1.29, 1.82) is 0 Å². The monoisotopic (exact) mass is 429 g/mol. The molecule has 1 N–H and O–H groups in total. The molecule has 0 radical (unpaired) electrons. The van der Waals surface area contributed by atoms with Crippen LogP contribution < -0.4 is 5.32 Å². The number of hydrogen-bond donors (Lipinski definition) is 1. The highest BCUT2D eigenvalue weighted by Crippen LogP contribution is 2.39. The van der Waals surface area contributed by atoms with Crippen LogP contribution in [0.3, 0.4) is 0 Å². The van der Waals surface area contributed by atoms with Gasteiger partial charge in [0.15, 0.2) is 9.84 Å². The molecule has 1 aliphatic heterocycles. The van der Waals surface area contributed by atoms with E-state index in [2.05, 4.69) is 37.2 Å². The lowest BCUT2D eigenvalue weighted by Crippen LogP contribution is -2.40. The Labute approximate surface area is 135 Å². The second-order valence-corrected chi connectivity index (χ2v) is 10.3. The van der Waals surface area contributed by atoms with Gasteiger partial charge in [-0.15, -0.1) is 11.3 Å². The Morgan fingerprint density at radius 3 is 2.74 bits per heavy atom. The predicted molar refractivity (Wildman–Crippen MR) is 87.6 cm³/mol. The van der Waals surface area contributed by atoms with Crippen molar-refractivity contribution in [2.45, 2.75) is 37.5 Å². The third-order valence-corrected chi connectivity index (χ3v) is 9.02. The maximum atomic E-state index is 12.3. The fourth-order valence-electron chi connectivity index (χ4n) is 2.51. The van der Waals surface area contributed by atoms with Gasteiger partial charge in [-0.2, -0.15) is 0 Å². The lowest BCUT2D eigenvalue weighted by Gasteiger charge is -2.30. The first kappa shape index (κ1) is 15.9. The van der Waals surface area contributed by atoms with Crippen LogP contribution >= 0.6 is 43.2 Å². The first-order chi connectivity index (χ1) is 8.95. The quantitative estimate of drug-likeness (QED) is 0.787. The molecule has 1 aromatic rings. The second kappa shape index (κ2) is 6.56. The highest BCUT2D eigenvalue weighted by Gasteiger charge is 2.36. The maximum Gasteiger partial charge on any atom is 0.155 e. The van der Waals surface area contributed by atoms with Gasteiger partial charge in [0.2, 0.25) is 0 Å². The van der Waals surface area contributed by atoms with Gasteiger partial charge in [-0.1, -0.05) is 13.3 Å². The largest absolute Gasteiger partial charge is 0.308 e. The summed E-state index contributed by atoms with van der Waals surface area (Å²) in [5, 5.41) is 3.06. The second-order valence-electron chi connectivity index (χ2n) is 4.71. The fraction of sp³-hybridized carbons (Fsp3) is 0.667. The maximum absolute atomic E-state index is 12.3. The molecule has 2 rings (SSSR count). The molecule has 0 bridgehead atoms. The van der Waals surface area contributed by atoms with Crippen molar-refractivity contribution >= 4 is 53.0 Å². The van der Waals surface area contributed by atoms with Crippen LogP contribution in [-0.4, -0.2) is 26.0 Å². The van der Waals surface area contributed by atoms with Crippen molar-refractivity contribution in [3.05, 3.63) is 19.2 Å². The Morgan fingerprint density at radius 2 is 2.21 bits per heavy atom. The Bertz CT molecular complexity index is 522. The Morgan fingerprint density at radius 1 is 1.47 bits per heavy atom. The molecule has 19 heavy (non-hydrogen) atoms. The summed E-state index contributed by atoms with van der Waals surface area (Å²) in [6.45, 7) is 2.78. The molecular weight excluding hydrogens is 414 g/mol. The van der Waals surface area contributed by atoms with Crippen molar-refractivity contribution in [3.8, 4) is 0 Å². The average Bonchev–Trinajstić information content (AvgIpc) is 2.67. The van der Waals surface area contributed by atoms with Crippen LogP contribution in [0.2, 0.25) is 0 Å². The topological polar surface area (TPSA) is 46.2 Å².